The van der Waals surface area contributed by atoms with Crippen molar-refractivity contribution >= 4 is 12.0 Å². The minimum atomic E-state index is 0.108. The van der Waals surface area contributed by atoms with Crippen molar-refractivity contribution in [3.8, 4) is 0 Å². The van der Waals surface area contributed by atoms with Crippen LogP contribution in [0.25, 0.3) is 6.08 Å². The van der Waals surface area contributed by atoms with Gasteiger partial charge in [-0.3, -0.25) is 14.7 Å². The van der Waals surface area contributed by atoms with Crippen LogP contribution in [0.4, 0.5) is 0 Å². The van der Waals surface area contributed by atoms with Gasteiger partial charge >= 0.3 is 0 Å². The fraction of sp³-hybridized carbons (Fsp3) is 0.364. The first-order chi connectivity index (χ1) is 12.6. The van der Waals surface area contributed by atoms with E-state index in [4.69, 9.17) is 0 Å². The van der Waals surface area contributed by atoms with Gasteiger partial charge in [-0.1, -0.05) is 42.5 Å². The zero-order valence-corrected chi connectivity index (χ0v) is 15.7. The van der Waals surface area contributed by atoms with E-state index in [2.05, 4.69) is 46.3 Å². The molecule has 1 saturated heterocycles. The molecule has 0 radical (unpaired) electrons. The maximum atomic E-state index is 12.8. The molecule has 1 aromatic carbocycles. The van der Waals surface area contributed by atoms with E-state index in [-0.39, 0.29) is 5.91 Å². The van der Waals surface area contributed by atoms with Gasteiger partial charge in [-0.25, -0.2) is 0 Å². The average Bonchev–Trinajstić information content (AvgIpc) is 2.88. The molecule has 0 saturated carbocycles. The quantitative estimate of drug-likeness (QED) is 0.847. The second kappa shape index (κ2) is 8.77. The number of aryl methyl sites for hydroxylation is 2. The van der Waals surface area contributed by atoms with Crippen molar-refractivity contribution in [2.45, 2.75) is 20.3 Å². The molecule has 1 aromatic heterocycles. The van der Waals surface area contributed by atoms with Gasteiger partial charge in [0.1, 0.15) is 0 Å². The highest BCUT2D eigenvalue weighted by Gasteiger charge is 2.21. The molecular formula is C22H27N3O. The van der Waals surface area contributed by atoms with Gasteiger partial charge in [0, 0.05) is 38.4 Å². The standard InChI is InChI=1S/C22H27N3O/c1-18-11-12-21(19(2)23-18)22(26)25-15-7-14-24(16-17-25)13-6-10-20-8-4-3-5-9-20/h3-6,8-12H,7,13-17H2,1-2H3/b10-6+. The fourth-order valence-electron chi connectivity index (χ4n) is 3.34. The lowest BCUT2D eigenvalue weighted by Gasteiger charge is -2.22. The predicted octanol–water partition coefficient (Wildman–Crippen LogP) is 3.56. The maximum Gasteiger partial charge on any atom is 0.255 e. The van der Waals surface area contributed by atoms with Crippen molar-refractivity contribution in [2.75, 3.05) is 32.7 Å². The molecule has 2 heterocycles. The molecule has 4 nitrogen and oxygen atoms in total. The van der Waals surface area contributed by atoms with Crippen LogP contribution in [-0.4, -0.2) is 53.4 Å². The Balaban J connectivity index is 1.56. The van der Waals surface area contributed by atoms with Gasteiger partial charge in [0.25, 0.3) is 5.91 Å². The Morgan fingerprint density at radius 2 is 1.85 bits per heavy atom. The van der Waals surface area contributed by atoms with E-state index in [1.807, 2.05) is 36.9 Å². The van der Waals surface area contributed by atoms with E-state index < -0.39 is 0 Å². The summed E-state index contributed by atoms with van der Waals surface area (Å²) < 4.78 is 0. The van der Waals surface area contributed by atoms with Gasteiger partial charge in [0.05, 0.1) is 11.3 Å². The normalized spacial score (nSPS) is 16.0. The second-order valence-electron chi connectivity index (χ2n) is 6.85. The van der Waals surface area contributed by atoms with E-state index in [1.165, 1.54) is 5.56 Å². The Bertz CT molecular complexity index is 770. The molecule has 1 fully saturated rings. The highest BCUT2D eigenvalue weighted by atomic mass is 16.2. The average molecular weight is 349 g/mol. The van der Waals surface area contributed by atoms with Gasteiger partial charge in [0.2, 0.25) is 0 Å². The van der Waals surface area contributed by atoms with E-state index >= 15 is 0 Å². The first-order valence-corrected chi connectivity index (χ1v) is 9.31. The van der Waals surface area contributed by atoms with Gasteiger partial charge in [0.15, 0.2) is 0 Å². The summed E-state index contributed by atoms with van der Waals surface area (Å²) in [6, 6.07) is 14.2. The molecule has 26 heavy (non-hydrogen) atoms. The zero-order chi connectivity index (χ0) is 18.4. The molecule has 0 unspecified atom stereocenters. The largest absolute Gasteiger partial charge is 0.337 e. The summed E-state index contributed by atoms with van der Waals surface area (Å²) in [6.07, 6.45) is 5.37. The number of nitrogens with zero attached hydrogens (tertiary/aromatic N) is 3. The van der Waals surface area contributed by atoms with Crippen molar-refractivity contribution in [1.82, 2.24) is 14.8 Å². The summed E-state index contributed by atoms with van der Waals surface area (Å²) in [5.41, 5.74) is 3.72. The van der Waals surface area contributed by atoms with Crippen molar-refractivity contribution in [1.29, 1.82) is 0 Å². The van der Waals surface area contributed by atoms with Crippen molar-refractivity contribution in [3.63, 3.8) is 0 Å². The molecule has 0 spiro atoms. The minimum absolute atomic E-state index is 0.108. The topological polar surface area (TPSA) is 36.4 Å². The fourth-order valence-corrected chi connectivity index (χ4v) is 3.34. The summed E-state index contributed by atoms with van der Waals surface area (Å²) in [6.45, 7) is 8.29. The van der Waals surface area contributed by atoms with Gasteiger partial charge in [-0.15, -0.1) is 0 Å². The third kappa shape index (κ3) is 4.79. The van der Waals surface area contributed by atoms with Crippen molar-refractivity contribution in [2.24, 2.45) is 0 Å². The monoisotopic (exact) mass is 349 g/mol. The molecular weight excluding hydrogens is 322 g/mol. The second-order valence-corrected chi connectivity index (χ2v) is 6.85. The van der Waals surface area contributed by atoms with Gasteiger partial charge in [-0.05, 0) is 38.0 Å². The number of carbonyl (C=O) groups excluding carboxylic acids is 1. The van der Waals surface area contributed by atoms with Crippen LogP contribution in [0.2, 0.25) is 0 Å². The predicted molar refractivity (Wildman–Crippen MR) is 106 cm³/mol. The number of aromatic nitrogens is 1. The Hall–Kier alpha value is -2.46. The molecule has 2 aromatic rings. The van der Waals surface area contributed by atoms with E-state index in [0.29, 0.717) is 0 Å². The molecule has 1 amide bonds. The molecule has 1 aliphatic heterocycles. The van der Waals surface area contributed by atoms with Crippen LogP contribution in [0.5, 0.6) is 0 Å². The van der Waals surface area contributed by atoms with Crippen LogP contribution < -0.4 is 0 Å². The summed E-state index contributed by atoms with van der Waals surface area (Å²) in [4.78, 5) is 21.7. The first-order valence-electron chi connectivity index (χ1n) is 9.31. The smallest absolute Gasteiger partial charge is 0.255 e. The summed E-state index contributed by atoms with van der Waals surface area (Å²) >= 11 is 0. The van der Waals surface area contributed by atoms with Crippen LogP contribution in [0.1, 0.15) is 33.7 Å². The van der Waals surface area contributed by atoms with Crippen molar-refractivity contribution in [3.05, 3.63) is 71.1 Å². The van der Waals surface area contributed by atoms with E-state index in [9.17, 15) is 4.79 Å². The molecule has 1 aliphatic rings. The first kappa shape index (κ1) is 18.3. The molecule has 136 valence electrons. The Kier molecular flexibility index (Phi) is 6.18. The number of pyridine rings is 1. The van der Waals surface area contributed by atoms with Gasteiger partial charge in [-0.2, -0.15) is 0 Å². The van der Waals surface area contributed by atoms with E-state index in [1.54, 1.807) is 0 Å². The molecule has 0 N–H and O–H groups in total. The lowest BCUT2D eigenvalue weighted by atomic mass is 10.1. The number of benzene rings is 1. The Labute approximate surface area is 156 Å². The maximum absolute atomic E-state index is 12.8. The van der Waals surface area contributed by atoms with E-state index in [0.717, 1.165) is 56.1 Å². The van der Waals surface area contributed by atoms with Crippen LogP contribution in [0, 0.1) is 13.8 Å². The lowest BCUT2D eigenvalue weighted by molar-refractivity contribution is 0.0761. The third-order valence-corrected chi connectivity index (χ3v) is 4.80. The van der Waals surface area contributed by atoms with Crippen LogP contribution in [-0.2, 0) is 0 Å². The SMILES string of the molecule is Cc1ccc(C(=O)N2CCCN(C/C=C/c3ccccc3)CC2)c(C)n1. The molecule has 0 atom stereocenters. The highest BCUT2D eigenvalue weighted by molar-refractivity contribution is 5.95. The summed E-state index contributed by atoms with van der Waals surface area (Å²) in [7, 11) is 0. The summed E-state index contributed by atoms with van der Waals surface area (Å²) in [5, 5.41) is 0. The van der Waals surface area contributed by atoms with Gasteiger partial charge < -0.3 is 4.90 Å². The molecule has 0 aliphatic carbocycles. The Morgan fingerprint density at radius 3 is 2.62 bits per heavy atom. The number of amides is 1. The number of rotatable bonds is 4. The third-order valence-electron chi connectivity index (χ3n) is 4.80. The van der Waals surface area contributed by atoms with Crippen LogP contribution in [0.15, 0.2) is 48.5 Å². The van der Waals surface area contributed by atoms with Crippen LogP contribution >= 0.6 is 0 Å². The molecule has 4 heteroatoms. The van der Waals surface area contributed by atoms with Crippen molar-refractivity contribution < 1.29 is 4.79 Å². The Morgan fingerprint density at radius 1 is 1.04 bits per heavy atom. The zero-order valence-electron chi connectivity index (χ0n) is 15.7. The molecule has 3 rings (SSSR count). The number of hydrogen-bond donors (Lipinski definition) is 0. The lowest BCUT2D eigenvalue weighted by Crippen LogP contribution is -2.35. The molecule has 0 bridgehead atoms. The number of hydrogen-bond acceptors (Lipinski definition) is 3. The summed E-state index contributed by atoms with van der Waals surface area (Å²) in [5.74, 6) is 0.108. The highest BCUT2D eigenvalue weighted by Crippen LogP contribution is 2.13. The van der Waals surface area contributed by atoms with Crippen LogP contribution in [0.3, 0.4) is 0 Å². The number of carbonyl (C=O) groups is 1. The minimum Gasteiger partial charge on any atom is -0.337 e.